The van der Waals surface area contributed by atoms with Crippen molar-refractivity contribution < 1.29 is 5.11 Å². The number of aliphatic hydroxyl groups excluding tert-OH is 1. The van der Waals surface area contributed by atoms with Crippen molar-refractivity contribution in [2.75, 3.05) is 13.1 Å². The average Bonchev–Trinajstić information content (AvgIpc) is 3.14. The van der Waals surface area contributed by atoms with E-state index in [-0.39, 0.29) is 6.10 Å². The molecular weight excluding hydrogens is 256 g/mol. The van der Waals surface area contributed by atoms with Crippen LogP contribution in [0.3, 0.4) is 0 Å². The van der Waals surface area contributed by atoms with Crippen molar-refractivity contribution in [3.8, 4) is 0 Å². The predicted octanol–water partition coefficient (Wildman–Crippen LogP) is 2.29. The van der Waals surface area contributed by atoms with Crippen LogP contribution in [0.5, 0.6) is 0 Å². The van der Waals surface area contributed by atoms with Crippen LogP contribution in [0.2, 0.25) is 0 Å². The first kappa shape index (κ1) is 13.6. The first-order valence-electron chi connectivity index (χ1n) is 7.51. The van der Waals surface area contributed by atoms with Crippen LogP contribution in [-0.2, 0) is 0 Å². The van der Waals surface area contributed by atoms with Crippen LogP contribution in [0, 0.1) is 5.92 Å². The minimum Gasteiger partial charge on any atom is -0.387 e. The van der Waals surface area contributed by atoms with E-state index in [9.17, 15) is 5.11 Å². The molecule has 0 spiro atoms. The van der Waals surface area contributed by atoms with E-state index in [1.54, 1.807) is 11.3 Å². The van der Waals surface area contributed by atoms with Gasteiger partial charge in [0.2, 0.25) is 0 Å². The standard InChI is InChI=1S/C15H24N2OS/c18-15(11-6-8-19-10-11)9-17-14-4-1-3-12(14)13-5-2-7-16-13/h6,8,10,12-18H,1-5,7,9H2. The van der Waals surface area contributed by atoms with Gasteiger partial charge in [-0.3, -0.25) is 0 Å². The first-order chi connectivity index (χ1) is 9.34. The van der Waals surface area contributed by atoms with E-state index in [2.05, 4.69) is 10.6 Å². The Labute approximate surface area is 119 Å². The molecule has 0 amide bonds. The molecule has 0 aromatic carbocycles. The van der Waals surface area contributed by atoms with Gasteiger partial charge in [-0.2, -0.15) is 11.3 Å². The Balaban J connectivity index is 1.51. The van der Waals surface area contributed by atoms with Crippen LogP contribution in [-0.4, -0.2) is 30.3 Å². The molecule has 0 radical (unpaired) electrons. The molecule has 1 saturated carbocycles. The monoisotopic (exact) mass is 280 g/mol. The normalized spacial score (nSPS) is 32.8. The van der Waals surface area contributed by atoms with E-state index in [1.165, 1.54) is 38.6 Å². The Morgan fingerprint density at radius 1 is 1.37 bits per heavy atom. The maximum absolute atomic E-state index is 10.1. The average molecular weight is 280 g/mol. The summed E-state index contributed by atoms with van der Waals surface area (Å²) in [7, 11) is 0. The molecule has 3 N–H and O–H groups in total. The lowest BCUT2D eigenvalue weighted by atomic mass is 9.93. The van der Waals surface area contributed by atoms with Gasteiger partial charge in [-0.25, -0.2) is 0 Å². The lowest BCUT2D eigenvalue weighted by molar-refractivity contribution is 0.164. The Hall–Kier alpha value is -0.420. The number of aliphatic hydroxyl groups is 1. The van der Waals surface area contributed by atoms with Crippen LogP contribution in [0.15, 0.2) is 16.8 Å². The molecule has 0 bridgehead atoms. The smallest absolute Gasteiger partial charge is 0.0922 e. The molecule has 2 aliphatic rings. The SMILES string of the molecule is OC(CNC1CCCC1C1CCCN1)c1ccsc1. The van der Waals surface area contributed by atoms with Crippen molar-refractivity contribution in [1.82, 2.24) is 10.6 Å². The van der Waals surface area contributed by atoms with E-state index < -0.39 is 0 Å². The zero-order valence-corrected chi connectivity index (χ0v) is 12.2. The summed E-state index contributed by atoms with van der Waals surface area (Å²) < 4.78 is 0. The number of thiophene rings is 1. The number of nitrogens with one attached hydrogen (secondary N) is 2. The quantitative estimate of drug-likeness (QED) is 0.775. The van der Waals surface area contributed by atoms with Crippen LogP contribution in [0.25, 0.3) is 0 Å². The van der Waals surface area contributed by atoms with Gasteiger partial charge in [-0.05, 0) is 60.5 Å². The fraction of sp³-hybridized carbons (Fsp3) is 0.733. The minimum atomic E-state index is -0.357. The fourth-order valence-electron chi connectivity index (χ4n) is 3.65. The Morgan fingerprint density at radius 3 is 3.05 bits per heavy atom. The summed E-state index contributed by atoms with van der Waals surface area (Å²) in [5, 5.41) is 21.5. The number of rotatable bonds is 5. The molecule has 1 aromatic heterocycles. The van der Waals surface area contributed by atoms with Crippen LogP contribution < -0.4 is 10.6 Å². The highest BCUT2D eigenvalue weighted by molar-refractivity contribution is 7.07. The van der Waals surface area contributed by atoms with Gasteiger partial charge in [0.15, 0.2) is 0 Å². The van der Waals surface area contributed by atoms with Crippen molar-refractivity contribution in [2.24, 2.45) is 5.92 Å². The molecule has 1 aliphatic heterocycles. The summed E-state index contributed by atoms with van der Waals surface area (Å²) in [6.45, 7) is 1.87. The lowest BCUT2D eigenvalue weighted by Crippen LogP contribution is -2.43. The van der Waals surface area contributed by atoms with Crippen LogP contribution in [0.4, 0.5) is 0 Å². The predicted molar refractivity (Wildman–Crippen MR) is 79.4 cm³/mol. The lowest BCUT2D eigenvalue weighted by Gasteiger charge is -2.27. The summed E-state index contributed by atoms with van der Waals surface area (Å²) in [6.07, 6.45) is 6.23. The van der Waals surface area contributed by atoms with Crippen molar-refractivity contribution in [2.45, 2.75) is 50.3 Å². The zero-order chi connectivity index (χ0) is 13.1. The largest absolute Gasteiger partial charge is 0.387 e. The third-order valence-electron chi connectivity index (χ3n) is 4.69. The molecule has 3 rings (SSSR count). The molecule has 1 aromatic rings. The summed E-state index contributed by atoms with van der Waals surface area (Å²) in [5.41, 5.74) is 1.05. The highest BCUT2D eigenvalue weighted by atomic mass is 32.1. The molecule has 1 aliphatic carbocycles. The molecule has 4 heteroatoms. The number of hydrogen-bond acceptors (Lipinski definition) is 4. The van der Waals surface area contributed by atoms with Gasteiger partial charge in [-0.15, -0.1) is 0 Å². The summed E-state index contributed by atoms with van der Waals surface area (Å²) in [6, 6.07) is 3.31. The van der Waals surface area contributed by atoms with E-state index in [4.69, 9.17) is 0 Å². The molecule has 4 unspecified atom stereocenters. The third-order valence-corrected chi connectivity index (χ3v) is 5.39. The van der Waals surface area contributed by atoms with E-state index in [0.717, 1.165) is 11.5 Å². The van der Waals surface area contributed by atoms with Crippen LogP contribution >= 0.6 is 11.3 Å². The van der Waals surface area contributed by atoms with Crippen molar-refractivity contribution in [1.29, 1.82) is 0 Å². The maximum atomic E-state index is 10.1. The Morgan fingerprint density at radius 2 is 2.32 bits per heavy atom. The molecule has 106 valence electrons. The maximum Gasteiger partial charge on any atom is 0.0922 e. The van der Waals surface area contributed by atoms with Crippen molar-refractivity contribution >= 4 is 11.3 Å². The fourth-order valence-corrected chi connectivity index (χ4v) is 4.35. The third kappa shape index (κ3) is 3.19. The van der Waals surface area contributed by atoms with Gasteiger partial charge in [0, 0.05) is 18.6 Å². The topological polar surface area (TPSA) is 44.3 Å². The second kappa shape index (κ2) is 6.35. The van der Waals surface area contributed by atoms with Gasteiger partial charge in [0.05, 0.1) is 6.10 Å². The second-order valence-electron chi connectivity index (χ2n) is 5.88. The molecule has 3 nitrogen and oxygen atoms in total. The van der Waals surface area contributed by atoms with Crippen molar-refractivity contribution in [3.05, 3.63) is 22.4 Å². The summed E-state index contributed by atoms with van der Waals surface area (Å²) in [5.74, 6) is 0.761. The molecule has 2 fully saturated rings. The Kier molecular flexibility index (Phi) is 4.53. The van der Waals surface area contributed by atoms with Gasteiger partial charge in [-0.1, -0.05) is 6.42 Å². The van der Waals surface area contributed by atoms with E-state index in [0.29, 0.717) is 18.6 Å². The second-order valence-corrected chi connectivity index (χ2v) is 6.66. The molecule has 1 saturated heterocycles. The number of hydrogen-bond donors (Lipinski definition) is 3. The zero-order valence-electron chi connectivity index (χ0n) is 11.3. The van der Waals surface area contributed by atoms with E-state index in [1.807, 2.05) is 16.8 Å². The molecule has 19 heavy (non-hydrogen) atoms. The highest BCUT2D eigenvalue weighted by Crippen LogP contribution is 2.32. The molecule has 2 heterocycles. The summed E-state index contributed by atoms with van der Waals surface area (Å²) in [4.78, 5) is 0. The summed E-state index contributed by atoms with van der Waals surface area (Å²) >= 11 is 1.65. The van der Waals surface area contributed by atoms with Gasteiger partial charge in [0.25, 0.3) is 0 Å². The van der Waals surface area contributed by atoms with E-state index >= 15 is 0 Å². The van der Waals surface area contributed by atoms with Gasteiger partial charge in [0.1, 0.15) is 0 Å². The van der Waals surface area contributed by atoms with Crippen molar-refractivity contribution in [3.63, 3.8) is 0 Å². The van der Waals surface area contributed by atoms with Crippen LogP contribution in [0.1, 0.15) is 43.8 Å². The minimum absolute atomic E-state index is 0.357. The molecular formula is C15H24N2OS. The van der Waals surface area contributed by atoms with Gasteiger partial charge >= 0.3 is 0 Å². The highest BCUT2D eigenvalue weighted by Gasteiger charge is 2.34. The molecule has 4 atom stereocenters. The first-order valence-corrected chi connectivity index (χ1v) is 8.46. The van der Waals surface area contributed by atoms with Gasteiger partial charge < -0.3 is 15.7 Å². The Bertz CT molecular complexity index is 376.